The van der Waals surface area contributed by atoms with E-state index in [1.165, 1.54) is 6.26 Å². The van der Waals surface area contributed by atoms with Gasteiger partial charge in [-0.2, -0.15) is 0 Å². The Morgan fingerprint density at radius 2 is 1.95 bits per heavy atom. The Morgan fingerprint density at radius 3 is 2.45 bits per heavy atom. The molecule has 0 amide bonds. The summed E-state index contributed by atoms with van der Waals surface area (Å²) in [5.41, 5.74) is 2.20. The number of hydrogen-bond acceptors (Lipinski definition) is 4. The smallest absolute Gasteiger partial charge is 0.175 e. The van der Waals surface area contributed by atoms with Crippen molar-refractivity contribution in [2.75, 3.05) is 6.26 Å². The van der Waals surface area contributed by atoms with Gasteiger partial charge < -0.3 is 4.98 Å². The fraction of sp³-hybridized carbons (Fsp3) is 0.357. The van der Waals surface area contributed by atoms with Crippen LogP contribution in [0.15, 0.2) is 40.5 Å². The van der Waals surface area contributed by atoms with E-state index in [9.17, 15) is 8.42 Å². The number of imidazole rings is 1. The van der Waals surface area contributed by atoms with Crippen LogP contribution in [0.3, 0.4) is 0 Å². The monoisotopic (exact) mass is 310 g/mol. The van der Waals surface area contributed by atoms with Crippen molar-refractivity contribution in [3.05, 3.63) is 41.7 Å². The Kier molecular flexibility index (Phi) is 4.55. The first-order chi connectivity index (χ1) is 9.40. The summed E-state index contributed by atoms with van der Waals surface area (Å²) >= 11 is 1.63. The van der Waals surface area contributed by atoms with Gasteiger partial charge in [0.1, 0.15) is 0 Å². The summed E-state index contributed by atoms with van der Waals surface area (Å²) in [6.45, 7) is 4.16. The molecule has 0 aliphatic heterocycles. The Labute approximate surface area is 123 Å². The number of thioether (sulfide) groups is 1. The zero-order valence-electron chi connectivity index (χ0n) is 11.8. The van der Waals surface area contributed by atoms with Crippen LogP contribution in [-0.4, -0.2) is 24.6 Å². The zero-order valence-corrected chi connectivity index (χ0v) is 13.4. The van der Waals surface area contributed by atoms with E-state index >= 15 is 0 Å². The second-order valence-electron chi connectivity index (χ2n) is 4.67. The Hall–Kier alpha value is -1.27. The van der Waals surface area contributed by atoms with Gasteiger partial charge in [-0.1, -0.05) is 30.8 Å². The third kappa shape index (κ3) is 3.64. The molecule has 0 saturated heterocycles. The molecule has 4 nitrogen and oxygen atoms in total. The summed E-state index contributed by atoms with van der Waals surface area (Å²) in [6, 6.07) is 7.03. The predicted molar refractivity (Wildman–Crippen MR) is 81.8 cm³/mol. The van der Waals surface area contributed by atoms with Crippen LogP contribution in [-0.2, 0) is 16.3 Å². The largest absolute Gasteiger partial charge is 0.337 e. The number of sulfone groups is 1. The van der Waals surface area contributed by atoms with Gasteiger partial charge in [0.05, 0.1) is 4.90 Å². The van der Waals surface area contributed by atoms with Crippen LogP contribution in [0, 0.1) is 0 Å². The standard InChI is InChI=1S/C14H18N2O2S2/c1-4-12-9-15-14(16-12)19-10(2)11-5-7-13(8-6-11)20(3,17)18/h5-10H,4H2,1-3H3,(H,15,16). The number of nitrogens with one attached hydrogen (secondary N) is 1. The molecule has 2 rings (SSSR count). The van der Waals surface area contributed by atoms with Crippen molar-refractivity contribution >= 4 is 21.6 Å². The molecule has 0 fully saturated rings. The topological polar surface area (TPSA) is 62.8 Å². The first-order valence-corrected chi connectivity index (χ1v) is 9.18. The van der Waals surface area contributed by atoms with Crippen molar-refractivity contribution in [1.82, 2.24) is 9.97 Å². The first-order valence-electron chi connectivity index (χ1n) is 6.40. The second kappa shape index (κ2) is 6.01. The van der Waals surface area contributed by atoms with Gasteiger partial charge in [-0.25, -0.2) is 13.4 Å². The highest BCUT2D eigenvalue weighted by atomic mass is 32.2. The van der Waals surface area contributed by atoms with Gasteiger partial charge in [-0.05, 0) is 31.0 Å². The SMILES string of the molecule is CCc1cnc(SC(C)c2ccc(S(C)(=O)=O)cc2)[nH]1. The van der Waals surface area contributed by atoms with Crippen LogP contribution in [0.5, 0.6) is 0 Å². The summed E-state index contributed by atoms with van der Waals surface area (Å²) in [4.78, 5) is 7.93. The number of aryl methyl sites for hydroxylation is 1. The minimum Gasteiger partial charge on any atom is -0.337 e. The lowest BCUT2D eigenvalue weighted by Gasteiger charge is -2.10. The summed E-state index contributed by atoms with van der Waals surface area (Å²) in [6.07, 6.45) is 4.00. The maximum Gasteiger partial charge on any atom is 0.175 e. The van der Waals surface area contributed by atoms with Crippen LogP contribution in [0.2, 0.25) is 0 Å². The number of rotatable bonds is 5. The molecule has 2 aromatic rings. The van der Waals surface area contributed by atoms with E-state index in [1.807, 2.05) is 18.3 Å². The van der Waals surface area contributed by atoms with Crippen LogP contribution in [0.25, 0.3) is 0 Å². The molecule has 0 radical (unpaired) electrons. The van der Waals surface area contributed by atoms with Gasteiger partial charge in [-0.15, -0.1) is 0 Å². The van der Waals surface area contributed by atoms with Gasteiger partial charge in [0.15, 0.2) is 15.0 Å². The van der Waals surface area contributed by atoms with Gasteiger partial charge in [0, 0.05) is 23.4 Å². The minimum absolute atomic E-state index is 0.208. The summed E-state index contributed by atoms with van der Waals surface area (Å²) in [7, 11) is -3.13. The number of H-pyrrole nitrogens is 1. The van der Waals surface area contributed by atoms with E-state index in [0.717, 1.165) is 22.8 Å². The minimum atomic E-state index is -3.13. The lowest BCUT2D eigenvalue weighted by Crippen LogP contribution is -1.97. The molecule has 1 aromatic carbocycles. The Morgan fingerprint density at radius 1 is 1.30 bits per heavy atom. The quantitative estimate of drug-likeness (QED) is 0.861. The second-order valence-corrected chi connectivity index (χ2v) is 8.01. The maximum atomic E-state index is 11.4. The summed E-state index contributed by atoms with van der Waals surface area (Å²) < 4.78 is 22.8. The number of benzene rings is 1. The van der Waals surface area contributed by atoms with E-state index < -0.39 is 9.84 Å². The average molecular weight is 310 g/mol. The van der Waals surface area contributed by atoms with Crippen molar-refractivity contribution in [3.8, 4) is 0 Å². The third-order valence-electron chi connectivity index (χ3n) is 3.05. The van der Waals surface area contributed by atoms with Crippen molar-refractivity contribution in [1.29, 1.82) is 0 Å². The molecule has 0 aliphatic rings. The molecule has 0 saturated carbocycles. The van der Waals surface area contributed by atoms with E-state index in [-0.39, 0.29) is 5.25 Å². The molecule has 0 aliphatic carbocycles. The Balaban J connectivity index is 2.11. The van der Waals surface area contributed by atoms with Crippen LogP contribution < -0.4 is 0 Å². The van der Waals surface area contributed by atoms with E-state index in [4.69, 9.17) is 0 Å². The van der Waals surface area contributed by atoms with Crippen molar-refractivity contribution in [3.63, 3.8) is 0 Å². The number of nitrogens with zero attached hydrogens (tertiary/aromatic N) is 1. The molecule has 1 N–H and O–H groups in total. The predicted octanol–water partition coefficient (Wildman–Crippen LogP) is 3.23. The maximum absolute atomic E-state index is 11.4. The zero-order chi connectivity index (χ0) is 14.8. The van der Waals surface area contributed by atoms with Crippen molar-refractivity contribution < 1.29 is 8.42 Å². The number of hydrogen-bond donors (Lipinski definition) is 1. The molecule has 1 unspecified atom stereocenters. The Bertz CT molecular complexity index is 675. The van der Waals surface area contributed by atoms with E-state index in [2.05, 4.69) is 23.8 Å². The number of aromatic nitrogens is 2. The molecule has 1 heterocycles. The molecule has 20 heavy (non-hydrogen) atoms. The first kappa shape index (κ1) is 15.1. The van der Waals surface area contributed by atoms with Gasteiger partial charge in [0.2, 0.25) is 0 Å². The van der Waals surface area contributed by atoms with Crippen LogP contribution in [0.4, 0.5) is 0 Å². The van der Waals surface area contributed by atoms with Gasteiger partial charge in [0.25, 0.3) is 0 Å². The van der Waals surface area contributed by atoms with Gasteiger partial charge >= 0.3 is 0 Å². The van der Waals surface area contributed by atoms with Crippen molar-refractivity contribution in [2.24, 2.45) is 0 Å². The molecular weight excluding hydrogens is 292 g/mol. The molecule has 1 atom stereocenters. The van der Waals surface area contributed by atoms with Crippen LogP contribution in [0.1, 0.15) is 30.4 Å². The fourth-order valence-electron chi connectivity index (χ4n) is 1.80. The van der Waals surface area contributed by atoms with E-state index in [0.29, 0.717) is 4.90 Å². The van der Waals surface area contributed by atoms with Gasteiger partial charge in [-0.3, -0.25) is 0 Å². The highest BCUT2D eigenvalue weighted by Crippen LogP contribution is 2.33. The molecule has 108 valence electrons. The summed E-state index contributed by atoms with van der Waals surface area (Å²) in [5, 5.41) is 1.10. The summed E-state index contributed by atoms with van der Waals surface area (Å²) in [5.74, 6) is 0. The number of aromatic amines is 1. The van der Waals surface area contributed by atoms with E-state index in [1.54, 1.807) is 23.9 Å². The molecule has 0 bridgehead atoms. The van der Waals surface area contributed by atoms with Crippen molar-refractivity contribution in [2.45, 2.75) is 35.6 Å². The third-order valence-corrected chi connectivity index (χ3v) is 5.24. The normalized spacial score (nSPS) is 13.3. The molecular formula is C14H18N2O2S2. The fourth-order valence-corrected chi connectivity index (χ4v) is 3.36. The molecule has 0 spiro atoms. The van der Waals surface area contributed by atoms with Crippen LogP contribution >= 0.6 is 11.8 Å². The highest BCUT2D eigenvalue weighted by molar-refractivity contribution is 7.99. The lowest BCUT2D eigenvalue weighted by atomic mass is 10.2. The average Bonchev–Trinajstić information content (AvgIpc) is 2.85. The molecule has 6 heteroatoms. The molecule has 1 aromatic heterocycles. The lowest BCUT2D eigenvalue weighted by molar-refractivity contribution is 0.602. The highest BCUT2D eigenvalue weighted by Gasteiger charge is 2.12.